The van der Waals surface area contributed by atoms with Crippen molar-refractivity contribution in [2.45, 2.75) is 19.9 Å². The monoisotopic (exact) mass is 292 g/mol. The summed E-state index contributed by atoms with van der Waals surface area (Å²) in [6.45, 7) is 3.43. The van der Waals surface area contributed by atoms with Crippen molar-refractivity contribution >= 4 is 11.4 Å². The Balaban J connectivity index is 2.31. The van der Waals surface area contributed by atoms with Crippen molar-refractivity contribution in [1.29, 1.82) is 0 Å². The number of nitro groups is 1. The number of hydrogen-bond acceptors (Lipinski definition) is 3. The van der Waals surface area contributed by atoms with Gasteiger partial charge in [-0.1, -0.05) is 6.07 Å². The van der Waals surface area contributed by atoms with Crippen LogP contribution in [0.4, 0.5) is 20.2 Å². The van der Waals surface area contributed by atoms with Crippen LogP contribution in [0.5, 0.6) is 0 Å². The van der Waals surface area contributed by atoms with Gasteiger partial charge in [-0.3, -0.25) is 10.1 Å². The van der Waals surface area contributed by atoms with Crippen LogP contribution in [0.25, 0.3) is 0 Å². The fourth-order valence-electron chi connectivity index (χ4n) is 2.06. The number of anilines is 1. The molecule has 1 N–H and O–H groups in total. The average Bonchev–Trinajstić information content (AvgIpc) is 2.39. The van der Waals surface area contributed by atoms with Crippen LogP contribution in [0.15, 0.2) is 36.4 Å². The van der Waals surface area contributed by atoms with Crippen LogP contribution in [-0.2, 0) is 0 Å². The lowest BCUT2D eigenvalue weighted by molar-refractivity contribution is -0.384. The highest BCUT2D eigenvalue weighted by Gasteiger charge is 2.17. The van der Waals surface area contributed by atoms with Gasteiger partial charge in [0.15, 0.2) is 0 Å². The number of nitro benzene ring substituents is 1. The van der Waals surface area contributed by atoms with Crippen molar-refractivity contribution in [2.24, 2.45) is 0 Å². The summed E-state index contributed by atoms with van der Waals surface area (Å²) in [5, 5.41) is 14.0. The van der Waals surface area contributed by atoms with Gasteiger partial charge in [-0.05, 0) is 43.2 Å². The zero-order chi connectivity index (χ0) is 15.6. The summed E-state index contributed by atoms with van der Waals surface area (Å²) in [6.07, 6.45) is 0. The SMILES string of the molecule is Cc1ccc(NC(C)c2cc(F)cc(F)c2)c([N+](=O)[O-])c1. The van der Waals surface area contributed by atoms with E-state index in [2.05, 4.69) is 5.32 Å². The smallest absolute Gasteiger partial charge is 0.292 e. The van der Waals surface area contributed by atoms with Crippen molar-refractivity contribution in [2.75, 3.05) is 5.32 Å². The van der Waals surface area contributed by atoms with E-state index in [0.717, 1.165) is 11.6 Å². The molecule has 6 heteroatoms. The van der Waals surface area contributed by atoms with E-state index >= 15 is 0 Å². The molecule has 2 aromatic carbocycles. The number of nitrogens with zero attached hydrogens (tertiary/aromatic N) is 1. The molecule has 2 rings (SSSR count). The number of benzene rings is 2. The predicted molar refractivity (Wildman–Crippen MR) is 76.2 cm³/mol. The maximum absolute atomic E-state index is 13.2. The van der Waals surface area contributed by atoms with Gasteiger partial charge >= 0.3 is 0 Å². The summed E-state index contributed by atoms with van der Waals surface area (Å²) in [5.74, 6) is -1.37. The fourth-order valence-corrected chi connectivity index (χ4v) is 2.06. The molecule has 0 aliphatic carbocycles. The molecule has 21 heavy (non-hydrogen) atoms. The quantitative estimate of drug-likeness (QED) is 0.673. The number of nitrogens with one attached hydrogen (secondary N) is 1. The molecule has 0 saturated heterocycles. The molecule has 1 unspecified atom stereocenters. The van der Waals surface area contributed by atoms with Gasteiger partial charge in [0, 0.05) is 18.2 Å². The lowest BCUT2D eigenvalue weighted by Gasteiger charge is -2.16. The van der Waals surface area contributed by atoms with E-state index in [1.54, 1.807) is 26.0 Å². The third-order valence-electron chi connectivity index (χ3n) is 3.11. The molecule has 0 fully saturated rings. The largest absolute Gasteiger partial charge is 0.373 e. The lowest BCUT2D eigenvalue weighted by atomic mass is 10.1. The Morgan fingerprint density at radius 1 is 1.14 bits per heavy atom. The van der Waals surface area contributed by atoms with E-state index in [-0.39, 0.29) is 5.69 Å². The normalized spacial score (nSPS) is 12.0. The number of rotatable bonds is 4. The molecule has 0 aliphatic heterocycles. The molecule has 110 valence electrons. The van der Waals surface area contributed by atoms with Gasteiger partial charge < -0.3 is 5.32 Å². The van der Waals surface area contributed by atoms with E-state index in [0.29, 0.717) is 11.3 Å². The third-order valence-corrected chi connectivity index (χ3v) is 3.11. The first kappa shape index (κ1) is 14.9. The number of hydrogen-bond donors (Lipinski definition) is 1. The Morgan fingerprint density at radius 3 is 2.33 bits per heavy atom. The van der Waals surface area contributed by atoms with Gasteiger partial charge in [-0.15, -0.1) is 0 Å². The number of halogens is 2. The van der Waals surface area contributed by atoms with Crippen LogP contribution < -0.4 is 5.32 Å². The van der Waals surface area contributed by atoms with E-state index in [1.807, 2.05) is 0 Å². The molecular weight excluding hydrogens is 278 g/mol. The second kappa shape index (κ2) is 5.87. The molecule has 0 radical (unpaired) electrons. The average molecular weight is 292 g/mol. The molecule has 0 aromatic heterocycles. The molecular formula is C15H14F2N2O2. The van der Waals surface area contributed by atoms with E-state index in [1.165, 1.54) is 18.2 Å². The summed E-state index contributed by atoms with van der Waals surface area (Å²) in [4.78, 5) is 10.6. The predicted octanol–water partition coefficient (Wildman–Crippen LogP) is 4.35. The van der Waals surface area contributed by atoms with Gasteiger partial charge in [-0.25, -0.2) is 8.78 Å². The Kier molecular flexibility index (Phi) is 4.16. The molecule has 0 amide bonds. The standard InChI is InChI=1S/C15H14F2N2O2/c1-9-3-4-14(15(5-9)19(20)21)18-10(2)11-6-12(16)8-13(17)7-11/h3-8,10,18H,1-2H3. The van der Waals surface area contributed by atoms with Crippen molar-refractivity contribution in [3.8, 4) is 0 Å². The second-order valence-electron chi connectivity index (χ2n) is 4.85. The molecule has 0 aliphatic rings. The summed E-state index contributed by atoms with van der Waals surface area (Å²) in [5.41, 5.74) is 1.38. The highest BCUT2D eigenvalue weighted by atomic mass is 19.1. The maximum atomic E-state index is 13.2. The van der Waals surface area contributed by atoms with Crippen LogP contribution in [-0.4, -0.2) is 4.92 Å². The van der Waals surface area contributed by atoms with Crippen molar-refractivity contribution < 1.29 is 13.7 Å². The Bertz CT molecular complexity index is 669. The topological polar surface area (TPSA) is 55.2 Å². The Labute approximate surface area is 120 Å². The zero-order valence-electron chi connectivity index (χ0n) is 11.6. The molecule has 1 atom stereocenters. The highest BCUT2D eigenvalue weighted by Crippen LogP contribution is 2.29. The van der Waals surface area contributed by atoms with Crippen LogP contribution in [0.3, 0.4) is 0 Å². The van der Waals surface area contributed by atoms with Gasteiger partial charge in [0.05, 0.1) is 4.92 Å². The van der Waals surface area contributed by atoms with Gasteiger partial charge in [0.1, 0.15) is 17.3 Å². The minimum Gasteiger partial charge on any atom is -0.373 e. The fraction of sp³-hybridized carbons (Fsp3) is 0.200. The van der Waals surface area contributed by atoms with Crippen LogP contribution >= 0.6 is 0 Å². The zero-order valence-corrected chi connectivity index (χ0v) is 11.6. The van der Waals surface area contributed by atoms with E-state index in [9.17, 15) is 18.9 Å². The molecule has 0 saturated carbocycles. The molecule has 0 spiro atoms. The third kappa shape index (κ3) is 3.53. The Morgan fingerprint density at radius 2 is 1.76 bits per heavy atom. The van der Waals surface area contributed by atoms with Crippen LogP contribution in [0.2, 0.25) is 0 Å². The van der Waals surface area contributed by atoms with Crippen molar-refractivity contribution in [3.05, 3.63) is 69.3 Å². The Hall–Kier alpha value is -2.50. The molecule has 2 aromatic rings. The molecule has 0 heterocycles. The lowest BCUT2D eigenvalue weighted by Crippen LogP contribution is -2.09. The summed E-state index contributed by atoms with van der Waals surface area (Å²) >= 11 is 0. The number of aryl methyl sites for hydroxylation is 1. The maximum Gasteiger partial charge on any atom is 0.292 e. The van der Waals surface area contributed by atoms with Gasteiger partial charge in [-0.2, -0.15) is 0 Å². The van der Waals surface area contributed by atoms with Gasteiger partial charge in [0.25, 0.3) is 5.69 Å². The first-order valence-electron chi connectivity index (χ1n) is 6.34. The first-order valence-corrected chi connectivity index (χ1v) is 6.34. The van der Waals surface area contributed by atoms with Gasteiger partial charge in [0.2, 0.25) is 0 Å². The summed E-state index contributed by atoms with van der Waals surface area (Å²) in [7, 11) is 0. The minimum absolute atomic E-state index is 0.0706. The summed E-state index contributed by atoms with van der Waals surface area (Å²) in [6, 6.07) is 7.46. The second-order valence-corrected chi connectivity index (χ2v) is 4.85. The first-order chi connectivity index (χ1) is 9.86. The van der Waals surface area contributed by atoms with Crippen molar-refractivity contribution in [3.63, 3.8) is 0 Å². The van der Waals surface area contributed by atoms with Crippen LogP contribution in [0.1, 0.15) is 24.1 Å². The molecule has 4 nitrogen and oxygen atoms in total. The minimum atomic E-state index is -0.683. The van der Waals surface area contributed by atoms with Crippen LogP contribution in [0, 0.1) is 28.7 Å². The van der Waals surface area contributed by atoms with Crippen molar-refractivity contribution in [1.82, 2.24) is 0 Å². The van der Waals surface area contributed by atoms with E-state index < -0.39 is 22.6 Å². The highest BCUT2D eigenvalue weighted by molar-refractivity contribution is 5.63. The van der Waals surface area contributed by atoms with E-state index in [4.69, 9.17) is 0 Å². The molecule has 0 bridgehead atoms. The summed E-state index contributed by atoms with van der Waals surface area (Å²) < 4.78 is 26.4.